The summed E-state index contributed by atoms with van der Waals surface area (Å²) in [5.74, 6) is 0. The first kappa shape index (κ1) is 13.9. The van der Waals surface area contributed by atoms with E-state index < -0.39 is 0 Å². The highest BCUT2D eigenvalue weighted by atomic mass is 35.5. The summed E-state index contributed by atoms with van der Waals surface area (Å²) >= 11 is 6.14. The Labute approximate surface area is 139 Å². The molecule has 3 heteroatoms. The Bertz CT molecular complexity index is 995. The van der Waals surface area contributed by atoms with Gasteiger partial charge in [0.1, 0.15) is 0 Å². The zero-order chi connectivity index (χ0) is 15.6. The van der Waals surface area contributed by atoms with Crippen LogP contribution in [-0.2, 0) is 0 Å². The van der Waals surface area contributed by atoms with Crippen molar-refractivity contribution in [2.24, 2.45) is 0 Å². The predicted octanol–water partition coefficient (Wildman–Crippen LogP) is 5.62. The molecule has 0 aliphatic heterocycles. The monoisotopic (exact) mass is 316 g/mol. The molecule has 0 spiro atoms. The Hall–Kier alpha value is -2.71. The second-order valence-corrected chi connectivity index (χ2v) is 5.76. The Morgan fingerprint density at radius 1 is 0.696 bits per heavy atom. The van der Waals surface area contributed by atoms with Crippen LogP contribution in [0.25, 0.3) is 33.3 Å². The number of nitrogens with zero attached hydrogens (tertiary/aromatic N) is 2. The number of pyridine rings is 2. The molecule has 4 rings (SSSR count). The minimum atomic E-state index is 0.710. The zero-order valence-electron chi connectivity index (χ0n) is 12.3. The smallest absolute Gasteiger partial charge is 0.0780 e. The summed E-state index contributed by atoms with van der Waals surface area (Å²) in [5.41, 5.74) is 5.14. The molecule has 2 aromatic heterocycles. The van der Waals surface area contributed by atoms with E-state index in [9.17, 15) is 0 Å². The molecular weight excluding hydrogens is 304 g/mol. The molecule has 0 bridgehead atoms. The number of fused-ring (bicyclic) bond motifs is 1. The van der Waals surface area contributed by atoms with Gasteiger partial charge in [-0.1, -0.05) is 41.9 Å². The van der Waals surface area contributed by atoms with E-state index in [1.807, 2.05) is 54.9 Å². The first-order chi connectivity index (χ1) is 11.3. The van der Waals surface area contributed by atoms with Crippen LogP contribution in [0.3, 0.4) is 0 Å². The highest BCUT2D eigenvalue weighted by molar-refractivity contribution is 6.30. The average Bonchev–Trinajstić information content (AvgIpc) is 2.61. The van der Waals surface area contributed by atoms with E-state index >= 15 is 0 Å². The van der Waals surface area contributed by atoms with E-state index in [2.05, 4.69) is 34.2 Å². The molecule has 0 saturated carbocycles. The molecule has 23 heavy (non-hydrogen) atoms. The van der Waals surface area contributed by atoms with Crippen molar-refractivity contribution >= 4 is 22.5 Å². The summed E-state index contributed by atoms with van der Waals surface area (Å²) in [5, 5.41) is 1.83. The summed E-state index contributed by atoms with van der Waals surface area (Å²) in [4.78, 5) is 8.95. The van der Waals surface area contributed by atoms with Crippen LogP contribution in [0.4, 0.5) is 0 Å². The standard InChI is InChI=1S/C20H13ClN2/c21-17-6-1-4-16(13-17)20-18(7-3-11-23-20)14-8-9-19-15(12-14)5-2-10-22-19/h1-13H. The highest BCUT2D eigenvalue weighted by Gasteiger charge is 2.09. The van der Waals surface area contributed by atoms with Gasteiger partial charge in [-0.05, 0) is 42.0 Å². The topological polar surface area (TPSA) is 25.8 Å². The molecule has 0 radical (unpaired) electrons. The third-order valence-electron chi connectivity index (χ3n) is 3.82. The Kier molecular flexibility index (Phi) is 3.52. The minimum Gasteiger partial charge on any atom is -0.256 e. The number of benzene rings is 2. The minimum absolute atomic E-state index is 0.710. The molecule has 0 atom stereocenters. The lowest BCUT2D eigenvalue weighted by atomic mass is 9.98. The van der Waals surface area contributed by atoms with Crippen molar-refractivity contribution in [1.29, 1.82) is 0 Å². The Balaban J connectivity index is 1.91. The molecule has 2 heterocycles. The third kappa shape index (κ3) is 2.69. The first-order valence-corrected chi connectivity index (χ1v) is 7.75. The largest absolute Gasteiger partial charge is 0.256 e. The van der Waals surface area contributed by atoms with E-state index in [0.29, 0.717) is 5.02 Å². The number of hydrogen-bond acceptors (Lipinski definition) is 2. The quantitative estimate of drug-likeness (QED) is 0.480. The van der Waals surface area contributed by atoms with Crippen LogP contribution in [0, 0.1) is 0 Å². The highest BCUT2D eigenvalue weighted by Crippen LogP contribution is 2.32. The van der Waals surface area contributed by atoms with Gasteiger partial charge in [-0.3, -0.25) is 9.97 Å². The van der Waals surface area contributed by atoms with Crippen LogP contribution in [0.1, 0.15) is 0 Å². The third-order valence-corrected chi connectivity index (χ3v) is 4.05. The summed E-state index contributed by atoms with van der Waals surface area (Å²) < 4.78 is 0. The van der Waals surface area contributed by atoms with Gasteiger partial charge in [0.15, 0.2) is 0 Å². The van der Waals surface area contributed by atoms with Crippen LogP contribution in [0.5, 0.6) is 0 Å². The van der Waals surface area contributed by atoms with Crippen LogP contribution in [0.2, 0.25) is 5.02 Å². The van der Waals surface area contributed by atoms with Crippen LogP contribution in [0.15, 0.2) is 79.1 Å². The number of hydrogen-bond donors (Lipinski definition) is 0. The molecule has 0 fully saturated rings. The number of aromatic nitrogens is 2. The van der Waals surface area contributed by atoms with Crippen LogP contribution < -0.4 is 0 Å². The van der Waals surface area contributed by atoms with Gasteiger partial charge in [-0.2, -0.15) is 0 Å². The Morgan fingerprint density at radius 2 is 1.57 bits per heavy atom. The average molecular weight is 317 g/mol. The van der Waals surface area contributed by atoms with Gasteiger partial charge in [0.25, 0.3) is 0 Å². The van der Waals surface area contributed by atoms with Crippen molar-refractivity contribution in [3.63, 3.8) is 0 Å². The van der Waals surface area contributed by atoms with Crippen molar-refractivity contribution in [3.05, 3.63) is 84.1 Å². The molecule has 0 aliphatic carbocycles. The molecule has 0 saturated heterocycles. The van der Waals surface area contributed by atoms with Crippen molar-refractivity contribution in [3.8, 4) is 22.4 Å². The molecule has 0 N–H and O–H groups in total. The van der Waals surface area contributed by atoms with Gasteiger partial charge in [0.05, 0.1) is 11.2 Å². The second kappa shape index (κ2) is 5.82. The fourth-order valence-electron chi connectivity index (χ4n) is 2.75. The molecule has 2 aromatic carbocycles. The van der Waals surface area contributed by atoms with Crippen molar-refractivity contribution < 1.29 is 0 Å². The number of rotatable bonds is 2. The lowest BCUT2D eigenvalue weighted by Gasteiger charge is -2.10. The van der Waals surface area contributed by atoms with Crippen molar-refractivity contribution in [2.45, 2.75) is 0 Å². The maximum atomic E-state index is 6.14. The normalized spacial score (nSPS) is 10.8. The summed E-state index contributed by atoms with van der Waals surface area (Å²) in [6.07, 6.45) is 3.62. The van der Waals surface area contributed by atoms with Gasteiger partial charge in [-0.25, -0.2) is 0 Å². The van der Waals surface area contributed by atoms with Gasteiger partial charge >= 0.3 is 0 Å². The van der Waals surface area contributed by atoms with E-state index in [0.717, 1.165) is 33.3 Å². The number of halogens is 1. The summed E-state index contributed by atoms with van der Waals surface area (Å²) in [6.45, 7) is 0. The Morgan fingerprint density at radius 3 is 2.48 bits per heavy atom. The first-order valence-electron chi connectivity index (χ1n) is 7.37. The van der Waals surface area contributed by atoms with E-state index in [1.54, 1.807) is 0 Å². The SMILES string of the molecule is Clc1cccc(-c2ncccc2-c2ccc3ncccc3c2)c1. The molecule has 4 aromatic rings. The predicted molar refractivity (Wildman–Crippen MR) is 95.4 cm³/mol. The van der Waals surface area contributed by atoms with E-state index in [4.69, 9.17) is 11.6 Å². The van der Waals surface area contributed by atoms with Gasteiger partial charge in [0, 0.05) is 33.9 Å². The molecule has 0 amide bonds. The molecule has 110 valence electrons. The maximum Gasteiger partial charge on any atom is 0.0780 e. The van der Waals surface area contributed by atoms with E-state index in [1.165, 1.54) is 0 Å². The van der Waals surface area contributed by atoms with Gasteiger partial charge in [0.2, 0.25) is 0 Å². The van der Waals surface area contributed by atoms with E-state index in [-0.39, 0.29) is 0 Å². The fraction of sp³-hybridized carbons (Fsp3) is 0. The van der Waals surface area contributed by atoms with Gasteiger partial charge < -0.3 is 0 Å². The summed E-state index contributed by atoms with van der Waals surface area (Å²) in [7, 11) is 0. The lowest BCUT2D eigenvalue weighted by molar-refractivity contribution is 1.32. The maximum absolute atomic E-state index is 6.14. The molecule has 0 unspecified atom stereocenters. The van der Waals surface area contributed by atoms with Crippen LogP contribution in [-0.4, -0.2) is 9.97 Å². The second-order valence-electron chi connectivity index (χ2n) is 5.32. The van der Waals surface area contributed by atoms with Crippen LogP contribution >= 0.6 is 11.6 Å². The van der Waals surface area contributed by atoms with Gasteiger partial charge in [-0.15, -0.1) is 0 Å². The van der Waals surface area contributed by atoms with Crippen molar-refractivity contribution in [1.82, 2.24) is 9.97 Å². The zero-order valence-corrected chi connectivity index (χ0v) is 13.0. The summed E-state index contributed by atoms with van der Waals surface area (Å²) in [6, 6.07) is 22.1. The molecular formula is C20H13ClN2. The van der Waals surface area contributed by atoms with Crippen molar-refractivity contribution in [2.75, 3.05) is 0 Å². The molecule has 0 aliphatic rings. The molecule has 2 nitrogen and oxygen atoms in total. The lowest BCUT2D eigenvalue weighted by Crippen LogP contribution is -1.89. The fourth-order valence-corrected chi connectivity index (χ4v) is 2.94.